The molecule has 4 aromatic carbocycles. The maximum absolute atomic E-state index is 14.1. The van der Waals surface area contributed by atoms with Crippen molar-refractivity contribution in [2.45, 2.75) is 20.0 Å². The van der Waals surface area contributed by atoms with Gasteiger partial charge < -0.3 is 24.3 Å². The Morgan fingerprint density at radius 3 is 2.07 bits per heavy atom. The number of ether oxygens (including phenoxy) is 2. The third-order valence-corrected chi connectivity index (χ3v) is 7.43. The first-order valence-corrected chi connectivity index (χ1v) is 14.7. The molecule has 1 aromatic heterocycles. The summed E-state index contributed by atoms with van der Waals surface area (Å²) in [7, 11) is 0. The lowest BCUT2D eigenvalue weighted by Crippen LogP contribution is -2.43. The molecule has 0 fully saturated rings. The summed E-state index contributed by atoms with van der Waals surface area (Å²) in [6.07, 6.45) is 1.26. The van der Waals surface area contributed by atoms with Crippen LogP contribution in [0.5, 0.6) is 5.75 Å². The molecule has 1 amide bonds. The first-order chi connectivity index (χ1) is 21.5. The maximum atomic E-state index is 14.1. The van der Waals surface area contributed by atoms with Crippen LogP contribution in [0.3, 0.4) is 0 Å². The van der Waals surface area contributed by atoms with Gasteiger partial charge in [0.15, 0.2) is 0 Å². The molecule has 0 saturated carbocycles. The molecule has 44 heavy (non-hydrogen) atoms. The number of aromatic nitrogens is 1. The van der Waals surface area contributed by atoms with E-state index in [4.69, 9.17) is 9.47 Å². The van der Waals surface area contributed by atoms with Gasteiger partial charge in [0.2, 0.25) is 0 Å². The number of carbonyl (C=O) groups excluding carboxylic acids is 3. The molecule has 1 unspecified atom stereocenters. The molecular weight excluding hydrogens is 554 g/mol. The third-order valence-electron chi connectivity index (χ3n) is 7.43. The van der Waals surface area contributed by atoms with E-state index < -0.39 is 23.9 Å². The molecule has 1 N–H and O–H groups in total. The number of rotatable bonds is 12. The van der Waals surface area contributed by atoms with Crippen molar-refractivity contribution in [1.29, 1.82) is 0 Å². The fourth-order valence-corrected chi connectivity index (χ4v) is 5.06. The maximum Gasteiger partial charge on any atom is 0.343 e. The summed E-state index contributed by atoms with van der Waals surface area (Å²) >= 11 is 0. The van der Waals surface area contributed by atoms with Crippen LogP contribution in [-0.2, 0) is 4.74 Å². The molecule has 0 aliphatic carbocycles. The van der Waals surface area contributed by atoms with Gasteiger partial charge in [-0.2, -0.15) is 0 Å². The van der Waals surface area contributed by atoms with Crippen molar-refractivity contribution in [2.24, 2.45) is 0 Å². The van der Waals surface area contributed by atoms with Crippen LogP contribution in [0.15, 0.2) is 115 Å². The average molecular weight is 590 g/mol. The monoisotopic (exact) mass is 589 g/mol. The number of hydrogen-bond donors (Lipinski definition) is 1. The zero-order chi connectivity index (χ0) is 30.9. The summed E-state index contributed by atoms with van der Waals surface area (Å²) in [5.41, 5.74) is 2.42. The van der Waals surface area contributed by atoms with Gasteiger partial charge in [-0.25, -0.2) is 9.59 Å². The van der Waals surface area contributed by atoms with E-state index in [1.165, 1.54) is 0 Å². The van der Waals surface area contributed by atoms with Gasteiger partial charge in [0.25, 0.3) is 5.91 Å². The van der Waals surface area contributed by atoms with Gasteiger partial charge in [-0.1, -0.05) is 74.5 Å². The average Bonchev–Trinajstić information content (AvgIpc) is 3.50. The van der Waals surface area contributed by atoms with E-state index in [1.54, 1.807) is 60.7 Å². The van der Waals surface area contributed by atoms with Crippen molar-refractivity contribution in [2.75, 3.05) is 26.2 Å². The van der Waals surface area contributed by atoms with E-state index >= 15 is 0 Å². The Morgan fingerprint density at radius 1 is 0.750 bits per heavy atom. The van der Waals surface area contributed by atoms with Crippen LogP contribution in [0.1, 0.15) is 44.9 Å². The highest BCUT2D eigenvalue weighted by molar-refractivity contribution is 6.03. The number of carbonyl (C=O) groups is 3. The Bertz CT molecular complexity index is 1730. The van der Waals surface area contributed by atoms with E-state index in [1.807, 2.05) is 73.1 Å². The first-order valence-electron chi connectivity index (χ1n) is 14.7. The summed E-state index contributed by atoms with van der Waals surface area (Å²) in [6.45, 7) is 6.07. The number of likely N-dealkylation sites (N-methyl/N-ethyl adjacent to an activating group) is 1. The SMILES string of the molecule is CCN(CC)CC(CNC(=O)c1c(OC(=O)c2ccccc2)cccc1-n1ccc2ccccc21)OC(=O)c1ccccc1. The van der Waals surface area contributed by atoms with Crippen molar-refractivity contribution < 1.29 is 23.9 Å². The van der Waals surface area contributed by atoms with Crippen molar-refractivity contribution in [3.8, 4) is 11.4 Å². The molecule has 0 aliphatic heterocycles. The van der Waals surface area contributed by atoms with Crippen molar-refractivity contribution in [3.05, 3.63) is 132 Å². The predicted octanol–water partition coefficient (Wildman–Crippen LogP) is 6.15. The third kappa shape index (κ3) is 7.04. The lowest BCUT2D eigenvalue weighted by molar-refractivity contribution is 0.0209. The van der Waals surface area contributed by atoms with Crippen LogP contribution in [-0.4, -0.2) is 59.6 Å². The first kappa shape index (κ1) is 30.3. The second kappa shape index (κ2) is 14.3. The lowest BCUT2D eigenvalue weighted by atomic mass is 10.1. The fourth-order valence-electron chi connectivity index (χ4n) is 5.06. The van der Waals surface area contributed by atoms with E-state index in [0.29, 0.717) is 23.4 Å². The molecule has 224 valence electrons. The van der Waals surface area contributed by atoms with E-state index in [9.17, 15) is 14.4 Å². The molecule has 0 bridgehead atoms. The Hall–Kier alpha value is -5.21. The number of benzene rings is 4. The summed E-state index contributed by atoms with van der Waals surface area (Å²) in [6, 6.07) is 32.4. The molecule has 8 nitrogen and oxygen atoms in total. The van der Waals surface area contributed by atoms with Crippen molar-refractivity contribution in [1.82, 2.24) is 14.8 Å². The Labute approximate surface area is 256 Å². The molecule has 8 heteroatoms. The molecule has 1 atom stereocenters. The number of amides is 1. The minimum Gasteiger partial charge on any atom is -0.456 e. The number of fused-ring (bicyclic) bond motifs is 1. The van der Waals surface area contributed by atoms with Gasteiger partial charge in [-0.15, -0.1) is 0 Å². The zero-order valence-electron chi connectivity index (χ0n) is 24.8. The zero-order valence-corrected chi connectivity index (χ0v) is 24.8. The fraction of sp³-hybridized carbons (Fsp3) is 0.194. The van der Waals surface area contributed by atoms with Crippen molar-refractivity contribution in [3.63, 3.8) is 0 Å². The lowest BCUT2D eigenvalue weighted by Gasteiger charge is -2.26. The van der Waals surface area contributed by atoms with Gasteiger partial charge in [0.05, 0.1) is 28.9 Å². The van der Waals surface area contributed by atoms with Crippen LogP contribution < -0.4 is 10.1 Å². The van der Waals surface area contributed by atoms with Gasteiger partial charge in [0.1, 0.15) is 17.4 Å². The molecule has 1 heterocycles. The Kier molecular flexibility index (Phi) is 9.84. The largest absolute Gasteiger partial charge is 0.456 e. The molecule has 0 saturated heterocycles. The molecular formula is C36H35N3O5. The minimum atomic E-state index is -0.624. The Morgan fingerprint density at radius 2 is 1.39 bits per heavy atom. The van der Waals surface area contributed by atoms with Crippen LogP contribution in [0.4, 0.5) is 0 Å². The minimum absolute atomic E-state index is 0.0563. The molecule has 0 radical (unpaired) electrons. The second-order valence-corrected chi connectivity index (χ2v) is 10.2. The van der Waals surface area contributed by atoms with Gasteiger partial charge in [-0.3, -0.25) is 4.79 Å². The summed E-state index contributed by atoms with van der Waals surface area (Å²) in [4.78, 5) is 42.2. The number of hydrogen-bond acceptors (Lipinski definition) is 6. The highest BCUT2D eigenvalue weighted by Gasteiger charge is 2.25. The van der Waals surface area contributed by atoms with E-state index in [0.717, 1.165) is 24.0 Å². The number of nitrogens with zero attached hydrogens (tertiary/aromatic N) is 2. The summed E-state index contributed by atoms with van der Waals surface area (Å²) in [5.74, 6) is -1.39. The normalized spacial score (nSPS) is 11.7. The standard InChI is InChI=1S/C36H35N3O5/c1-3-38(4-2)25-29(43-35(41)27-15-7-5-8-16-27)24-37-34(40)33-31(39-23-22-26-14-11-12-19-30(26)39)20-13-21-32(33)44-36(42)28-17-9-6-10-18-28/h5-23,29H,3-4,24-25H2,1-2H3,(H,37,40). The highest BCUT2D eigenvalue weighted by Crippen LogP contribution is 2.30. The van der Waals surface area contributed by atoms with E-state index in [-0.39, 0.29) is 17.9 Å². The van der Waals surface area contributed by atoms with Crippen LogP contribution >= 0.6 is 0 Å². The van der Waals surface area contributed by atoms with Gasteiger partial charge in [-0.05, 0) is 67.0 Å². The van der Waals surface area contributed by atoms with E-state index in [2.05, 4.69) is 10.2 Å². The van der Waals surface area contributed by atoms with Gasteiger partial charge in [0, 0.05) is 12.7 Å². The summed E-state index contributed by atoms with van der Waals surface area (Å²) in [5, 5.41) is 3.96. The quantitative estimate of drug-likeness (QED) is 0.139. The number of para-hydroxylation sites is 1. The number of esters is 2. The number of nitrogens with one attached hydrogen (secondary N) is 1. The topological polar surface area (TPSA) is 89.9 Å². The highest BCUT2D eigenvalue weighted by atomic mass is 16.5. The van der Waals surface area contributed by atoms with Crippen molar-refractivity contribution >= 4 is 28.7 Å². The predicted molar refractivity (Wildman–Crippen MR) is 170 cm³/mol. The smallest absolute Gasteiger partial charge is 0.343 e. The Balaban J connectivity index is 1.47. The molecule has 5 rings (SSSR count). The van der Waals surface area contributed by atoms with Crippen LogP contribution in [0.25, 0.3) is 16.6 Å². The molecule has 5 aromatic rings. The molecule has 0 spiro atoms. The van der Waals surface area contributed by atoms with Gasteiger partial charge >= 0.3 is 11.9 Å². The van der Waals surface area contributed by atoms with Crippen LogP contribution in [0, 0.1) is 0 Å². The summed E-state index contributed by atoms with van der Waals surface area (Å²) < 4.78 is 13.6. The second-order valence-electron chi connectivity index (χ2n) is 10.2. The molecule has 0 aliphatic rings. The van der Waals surface area contributed by atoms with Crippen LogP contribution in [0.2, 0.25) is 0 Å².